The van der Waals surface area contributed by atoms with Crippen LogP contribution in [0, 0.1) is 6.92 Å². The van der Waals surface area contributed by atoms with Crippen LogP contribution >= 0.6 is 27.3 Å². The molecule has 20 heavy (non-hydrogen) atoms. The van der Waals surface area contributed by atoms with Gasteiger partial charge < -0.3 is 14.8 Å². The molecule has 1 atom stereocenters. The summed E-state index contributed by atoms with van der Waals surface area (Å²) in [5, 5.41) is 5.52. The van der Waals surface area contributed by atoms with Crippen molar-refractivity contribution in [3.8, 4) is 11.5 Å². The average Bonchev–Trinajstić information content (AvgIpc) is 2.87. The van der Waals surface area contributed by atoms with Gasteiger partial charge in [0.25, 0.3) is 0 Å². The highest BCUT2D eigenvalue weighted by Crippen LogP contribution is 2.40. The number of fused-ring (bicyclic) bond motifs is 1. The monoisotopic (exact) mass is 353 g/mol. The fourth-order valence-corrected chi connectivity index (χ4v) is 4.01. The molecule has 3 nitrogen and oxygen atoms in total. The highest BCUT2D eigenvalue weighted by Gasteiger charge is 2.22. The minimum atomic E-state index is 0.153. The first kappa shape index (κ1) is 13.9. The first-order valence-electron chi connectivity index (χ1n) is 6.51. The van der Waals surface area contributed by atoms with Gasteiger partial charge in [-0.05, 0) is 48.7 Å². The minimum absolute atomic E-state index is 0.153. The van der Waals surface area contributed by atoms with E-state index in [1.54, 1.807) is 11.3 Å². The minimum Gasteiger partial charge on any atom is -0.486 e. The molecule has 2 heterocycles. The third-order valence-electron chi connectivity index (χ3n) is 3.43. The van der Waals surface area contributed by atoms with Crippen LogP contribution in [0.15, 0.2) is 28.1 Å². The maximum absolute atomic E-state index is 5.69. The standard InChI is InChI=1S/C15H16BrNO2S/c1-9-3-6-20-15(9)14(17-2)10-7-12-13(8-11(10)16)19-5-4-18-12/h3,6-8,14,17H,4-5H2,1-2H3. The maximum Gasteiger partial charge on any atom is 0.162 e. The van der Waals surface area contributed by atoms with Gasteiger partial charge in [-0.15, -0.1) is 11.3 Å². The molecule has 1 unspecified atom stereocenters. The highest BCUT2D eigenvalue weighted by molar-refractivity contribution is 9.10. The van der Waals surface area contributed by atoms with Crippen molar-refractivity contribution in [1.29, 1.82) is 0 Å². The number of halogens is 1. The predicted molar refractivity (Wildman–Crippen MR) is 85.1 cm³/mol. The van der Waals surface area contributed by atoms with Crippen molar-refractivity contribution in [3.05, 3.63) is 44.1 Å². The molecule has 0 spiro atoms. The average molecular weight is 354 g/mol. The van der Waals surface area contributed by atoms with E-state index in [0.717, 1.165) is 16.0 Å². The molecule has 1 aliphatic heterocycles. The van der Waals surface area contributed by atoms with Crippen molar-refractivity contribution < 1.29 is 9.47 Å². The van der Waals surface area contributed by atoms with Crippen molar-refractivity contribution in [2.75, 3.05) is 20.3 Å². The second kappa shape index (κ2) is 5.76. The summed E-state index contributed by atoms with van der Waals surface area (Å²) >= 11 is 5.42. The van der Waals surface area contributed by atoms with Crippen LogP contribution in [0.2, 0.25) is 0 Å². The summed E-state index contributed by atoms with van der Waals surface area (Å²) in [4.78, 5) is 1.32. The summed E-state index contributed by atoms with van der Waals surface area (Å²) in [5.74, 6) is 1.63. The molecule has 106 valence electrons. The van der Waals surface area contributed by atoms with E-state index in [1.807, 2.05) is 13.1 Å². The summed E-state index contributed by atoms with van der Waals surface area (Å²) in [6.45, 7) is 3.36. The van der Waals surface area contributed by atoms with Crippen LogP contribution in [0.3, 0.4) is 0 Å². The van der Waals surface area contributed by atoms with Gasteiger partial charge in [0, 0.05) is 9.35 Å². The molecule has 1 aromatic heterocycles. The molecule has 0 amide bonds. The van der Waals surface area contributed by atoms with Gasteiger partial charge in [0.05, 0.1) is 6.04 Å². The van der Waals surface area contributed by atoms with E-state index in [2.05, 4.69) is 45.7 Å². The number of nitrogens with one attached hydrogen (secondary N) is 1. The number of benzene rings is 1. The van der Waals surface area contributed by atoms with Gasteiger partial charge in [0.15, 0.2) is 11.5 Å². The fraction of sp³-hybridized carbons (Fsp3) is 0.333. The molecule has 0 aliphatic carbocycles. The van der Waals surface area contributed by atoms with Gasteiger partial charge in [-0.1, -0.05) is 15.9 Å². The van der Waals surface area contributed by atoms with Gasteiger partial charge in [0.2, 0.25) is 0 Å². The summed E-state index contributed by atoms with van der Waals surface area (Å²) in [6, 6.07) is 6.37. The van der Waals surface area contributed by atoms with Gasteiger partial charge in [0.1, 0.15) is 13.2 Å². The van der Waals surface area contributed by atoms with Crippen molar-refractivity contribution in [2.45, 2.75) is 13.0 Å². The number of ether oxygens (including phenoxy) is 2. The second-order valence-corrected chi connectivity index (χ2v) is 6.51. The predicted octanol–water partition coefficient (Wildman–Crippen LogP) is 3.90. The van der Waals surface area contributed by atoms with E-state index in [4.69, 9.17) is 9.47 Å². The normalized spacial score (nSPS) is 15.2. The van der Waals surface area contributed by atoms with E-state index in [9.17, 15) is 0 Å². The van der Waals surface area contributed by atoms with Crippen molar-refractivity contribution >= 4 is 27.3 Å². The zero-order chi connectivity index (χ0) is 14.1. The lowest BCUT2D eigenvalue weighted by molar-refractivity contribution is 0.171. The van der Waals surface area contributed by atoms with Gasteiger partial charge in [-0.3, -0.25) is 0 Å². The van der Waals surface area contributed by atoms with Crippen LogP contribution in [-0.4, -0.2) is 20.3 Å². The van der Waals surface area contributed by atoms with Crippen LogP contribution in [-0.2, 0) is 0 Å². The lowest BCUT2D eigenvalue weighted by atomic mass is 10.0. The quantitative estimate of drug-likeness (QED) is 0.907. The lowest BCUT2D eigenvalue weighted by Crippen LogP contribution is -2.20. The number of rotatable bonds is 3. The first-order chi connectivity index (χ1) is 9.70. The Kier molecular flexibility index (Phi) is 4.01. The van der Waals surface area contributed by atoms with E-state index < -0.39 is 0 Å². The van der Waals surface area contributed by atoms with E-state index >= 15 is 0 Å². The Labute approximate surface area is 131 Å². The van der Waals surface area contributed by atoms with Gasteiger partial charge >= 0.3 is 0 Å². The first-order valence-corrected chi connectivity index (χ1v) is 8.18. The number of hydrogen-bond donors (Lipinski definition) is 1. The van der Waals surface area contributed by atoms with Crippen LogP contribution < -0.4 is 14.8 Å². The molecule has 0 bridgehead atoms. The van der Waals surface area contributed by atoms with Crippen molar-refractivity contribution in [2.24, 2.45) is 0 Å². The van der Waals surface area contributed by atoms with E-state index in [-0.39, 0.29) is 6.04 Å². The smallest absolute Gasteiger partial charge is 0.162 e. The lowest BCUT2D eigenvalue weighted by Gasteiger charge is -2.23. The van der Waals surface area contributed by atoms with Crippen LogP contribution in [0.1, 0.15) is 22.0 Å². The Morgan fingerprint density at radius 2 is 1.95 bits per heavy atom. The zero-order valence-corrected chi connectivity index (χ0v) is 13.8. The summed E-state index contributed by atoms with van der Waals surface area (Å²) in [7, 11) is 1.98. The van der Waals surface area contributed by atoms with Crippen LogP contribution in [0.4, 0.5) is 0 Å². The van der Waals surface area contributed by atoms with Gasteiger partial charge in [-0.25, -0.2) is 0 Å². The Bertz CT molecular complexity index is 626. The Morgan fingerprint density at radius 1 is 1.25 bits per heavy atom. The van der Waals surface area contributed by atoms with Crippen LogP contribution in [0.5, 0.6) is 11.5 Å². The molecule has 1 aliphatic rings. The van der Waals surface area contributed by atoms with Crippen LogP contribution in [0.25, 0.3) is 0 Å². The third kappa shape index (κ3) is 2.45. The Balaban J connectivity index is 2.06. The summed E-state index contributed by atoms with van der Waals surface area (Å²) < 4.78 is 12.3. The molecule has 0 fully saturated rings. The highest BCUT2D eigenvalue weighted by atomic mass is 79.9. The largest absolute Gasteiger partial charge is 0.486 e. The Hall–Kier alpha value is -1.04. The molecule has 1 N–H and O–H groups in total. The van der Waals surface area contributed by atoms with Crippen molar-refractivity contribution in [3.63, 3.8) is 0 Å². The molecule has 0 saturated heterocycles. The SMILES string of the molecule is CNC(c1cc2c(cc1Br)OCCO2)c1sccc1C. The third-order valence-corrected chi connectivity index (χ3v) is 5.20. The maximum atomic E-state index is 5.69. The molecule has 1 aromatic carbocycles. The van der Waals surface area contributed by atoms with Crippen molar-refractivity contribution in [1.82, 2.24) is 5.32 Å². The zero-order valence-electron chi connectivity index (χ0n) is 11.4. The van der Waals surface area contributed by atoms with E-state index in [0.29, 0.717) is 13.2 Å². The van der Waals surface area contributed by atoms with Gasteiger partial charge in [-0.2, -0.15) is 0 Å². The fourth-order valence-electron chi connectivity index (χ4n) is 2.41. The Morgan fingerprint density at radius 3 is 2.55 bits per heavy atom. The number of aryl methyl sites for hydroxylation is 1. The molecule has 2 aromatic rings. The number of hydrogen-bond acceptors (Lipinski definition) is 4. The molecule has 3 rings (SSSR count). The number of thiophene rings is 1. The molecular formula is C15H16BrNO2S. The molecule has 0 saturated carbocycles. The van der Waals surface area contributed by atoms with E-state index in [1.165, 1.54) is 16.0 Å². The summed E-state index contributed by atoms with van der Waals surface area (Å²) in [5.41, 5.74) is 2.47. The molecular weight excluding hydrogens is 338 g/mol. The second-order valence-electron chi connectivity index (χ2n) is 4.71. The molecule has 0 radical (unpaired) electrons. The molecule has 5 heteroatoms. The topological polar surface area (TPSA) is 30.5 Å². The summed E-state index contributed by atoms with van der Waals surface area (Å²) in [6.07, 6.45) is 0.